The maximum atomic E-state index is 11.5. The van der Waals surface area contributed by atoms with Crippen molar-refractivity contribution in [1.29, 1.82) is 0 Å². The Labute approximate surface area is 391 Å². The molecule has 0 aliphatic carbocycles. The second kappa shape index (κ2) is 25.8. The maximum Gasteiger partial charge on any atom is 0.187 e. The fraction of sp³-hybridized carbons (Fsp3) is 1.00. The Hall–Kier alpha value is -1.24. The Morgan fingerprint density at radius 1 is 0.406 bits per heavy atom. The molecule has 20 N–H and O–H groups in total. The fourth-order valence-corrected chi connectivity index (χ4v) is 8.43. The van der Waals surface area contributed by atoms with Gasteiger partial charge >= 0.3 is 0 Å². The number of rotatable bonds is 21. The highest BCUT2D eigenvalue weighted by Gasteiger charge is 2.56. The lowest BCUT2D eigenvalue weighted by molar-refractivity contribution is -0.392. The van der Waals surface area contributed by atoms with E-state index in [-0.39, 0.29) is 0 Å². The fourth-order valence-electron chi connectivity index (χ4n) is 8.43. The van der Waals surface area contributed by atoms with Crippen LogP contribution in [0.25, 0.3) is 0 Å². The van der Waals surface area contributed by atoms with Gasteiger partial charge in [-0.2, -0.15) is 0 Å². The Balaban J connectivity index is 1.31. The summed E-state index contributed by atoms with van der Waals surface area (Å²) in [5.41, 5.74) is 0. The first kappa shape index (κ1) is 58.6. The van der Waals surface area contributed by atoms with Crippen LogP contribution in [0.3, 0.4) is 0 Å². The van der Waals surface area contributed by atoms with Crippen molar-refractivity contribution in [2.75, 3.05) is 46.8 Å². The third-order valence-corrected chi connectivity index (χ3v) is 12.7. The summed E-state index contributed by atoms with van der Waals surface area (Å²) in [4.78, 5) is 0. The van der Waals surface area contributed by atoms with Gasteiger partial charge in [0.2, 0.25) is 0 Å². The SMILES string of the molecule is COC(CO)C(O)C(O)C(O)C(C)OC1C(O)C(O)[C@@H](OC2C(CO)OC(OC3C(O)C(O)[C@@H](OC4C(CO)OC(O)C(O)C4O)O[C@H]3CO[C@H]3O[C@@H](CO)C(O)C(O)C3O)C(O)C2O)O[C@H]1CO. The predicted molar refractivity (Wildman–Crippen MR) is 211 cm³/mol. The second-order valence-electron chi connectivity index (χ2n) is 17.2. The van der Waals surface area contributed by atoms with Crippen LogP contribution >= 0.6 is 0 Å². The van der Waals surface area contributed by atoms with Gasteiger partial charge in [-0.15, -0.1) is 0 Å². The molecule has 31 nitrogen and oxygen atoms in total. The number of hydrogen-bond donors (Lipinski definition) is 20. The Morgan fingerprint density at radius 2 is 0.797 bits per heavy atom. The maximum absolute atomic E-state index is 11.5. The molecule has 5 saturated heterocycles. The van der Waals surface area contributed by atoms with Crippen LogP contribution in [0.15, 0.2) is 0 Å². The normalized spacial score (nSPS) is 47.8. The van der Waals surface area contributed by atoms with E-state index in [2.05, 4.69) is 0 Å². The van der Waals surface area contributed by atoms with Gasteiger partial charge in [0.05, 0.1) is 45.7 Å². The van der Waals surface area contributed by atoms with Crippen LogP contribution in [0.1, 0.15) is 6.92 Å². The van der Waals surface area contributed by atoms with Crippen molar-refractivity contribution >= 4 is 0 Å². The first-order chi connectivity index (χ1) is 32.6. The Morgan fingerprint density at radius 3 is 1.26 bits per heavy atom. The zero-order valence-corrected chi connectivity index (χ0v) is 37.0. The van der Waals surface area contributed by atoms with E-state index in [0.717, 1.165) is 7.11 Å². The number of aliphatic hydroxyl groups is 20. The molecule has 5 rings (SSSR count). The molecule has 5 heterocycles. The highest BCUT2D eigenvalue weighted by molar-refractivity contribution is 4.99. The molecule has 0 saturated carbocycles. The largest absolute Gasteiger partial charge is 0.394 e. The summed E-state index contributed by atoms with van der Waals surface area (Å²) in [6.07, 6.45) is -56.5. The highest BCUT2D eigenvalue weighted by atomic mass is 16.8. The standard InChI is InChI=1S/C38H68O31/c1-9(16(44)19(47)17(45)10(3-39)59-2)61-30-13(6-42)64-36(27(55)22(30)50)68-32-14(7-43)65-37(28(56)23(32)51)69-33-15(8-60-35-26(54)20(48)18(46)11(4-40)63-35)66-38(29(57)24(33)52)67-31-12(5-41)62-34(58)25(53)21(31)49/h9-58H,3-8H2,1-2H3/t9?,10?,11-,12?,13-,14?,15-,16?,17?,18?,19?,20?,21?,22?,23?,24?,25?,26?,27?,28?,29?,30?,31?,32?,33?,34?,35-,36+,37?,38+/m0/s1. The number of hydrogen-bond acceptors (Lipinski definition) is 31. The van der Waals surface area contributed by atoms with Gasteiger partial charge in [0.25, 0.3) is 0 Å². The number of ether oxygens (including phenoxy) is 11. The van der Waals surface area contributed by atoms with E-state index >= 15 is 0 Å². The molecule has 406 valence electrons. The van der Waals surface area contributed by atoms with Gasteiger partial charge in [-0.3, -0.25) is 0 Å². The summed E-state index contributed by atoms with van der Waals surface area (Å²) < 4.78 is 60.8. The van der Waals surface area contributed by atoms with Gasteiger partial charge in [-0.25, -0.2) is 0 Å². The summed E-state index contributed by atoms with van der Waals surface area (Å²) in [6, 6.07) is 0. The molecule has 30 atom stereocenters. The molecule has 0 bridgehead atoms. The molecule has 69 heavy (non-hydrogen) atoms. The first-order valence-electron chi connectivity index (χ1n) is 21.9. The van der Waals surface area contributed by atoms with E-state index in [4.69, 9.17) is 52.1 Å². The second-order valence-corrected chi connectivity index (χ2v) is 17.2. The van der Waals surface area contributed by atoms with Crippen molar-refractivity contribution in [3.05, 3.63) is 0 Å². The number of aliphatic hydroxyl groups excluding tert-OH is 20. The summed E-state index contributed by atoms with van der Waals surface area (Å²) in [7, 11) is 1.13. The molecule has 24 unspecified atom stereocenters. The Kier molecular flexibility index (Phi) is 21.9. The summed E-state index contributed by atoms with van der Waals surface area (Å²) in [5.74, 6) is 0. The molecule has 0 aromatic carbocycles. The lowest BCUT2D eigenvalue weighted by Gasteiger charge is -2.49. The highest BCUT2D eigenvalue weighted by Crippen LogP contribution is 2.36. The van der Waals surface area contributed by atoms with Crippen molar-refractivity contribution in [2.24, 2.45) is 0 Å². The van der Waals surface area contributed by atoms with Crippen molar-refractivity contribution in [3.8, 4) is 0 Å². The molecule has 5 aliphatic rings. The summed E-state index contributed by atoms with van der Waals surface area (Å²) in [5, 5.41) is 210. The van der Waals surface area contributed by atoms with Gasteiger partial charge in [0.15, 0.2) is 31.5 Å². The molecular weight excluding hydrogens is 952 g/mol. The lowest BCUT2D eigenvalue weighted by atomic mass is 9.95. The van der Waals surface area contributed by atoms with Crippen LogP contribution in [-0.4, -0.2) is 333 Å². The minimum Gasteiger partial charge on any atom is -0.394 e. The predicted octanol–water partition coefficient (Wildman–Crippen LogP) is -13.4. The molecule has 0 aromatic rings. The summed E-state index contributed by atoms with van der Waals surface area (Å²) >= 11 is 0. The molecule has 0 spiro atoms. The topological polar surface area (TPSA) is 506 Å². The van der Waals surface area contributed by atoms with E-state index in [9.17, 15) is 102 Å². The van der Waals surface area contributed by atoms with Crippen LogP contribution in [0, 0.1) is 0 Å². The number of methoxy groups -OCH3 is 1. The van der Waals surface area contributed by atoms with Crippen LogP contribution < -0.4 is 0 Å². The van der Waals surface area contributed by atoms with Crippen LogP contribution in [-0.2, 0) is 52.1 Å². The van der Waals surface area contributed by atoms with Gasteiger partial charge < -0.3 is 154 Å². The molecular formula is C38H68O31. The van der Waals surface area contributed by atoms with Crippen LogP contribution in [0.5, 0.6) is 0 Å². The van der Waals surface area contributed by atoms with E-state index in [1.807, 2.05) is 0 Å². The third-order valence-electron chi connectivity index (χ3n) is 12.7. The van der Waals surface area contributed by atoms with Crippen LogP contribution in [0.2, 0.25) is 0 Å². The smallest absolute Gasteiger partial charge is 0.187 e. The lowest BCUT2D eigenvalue weighted by Crippen LogP contribution is -2.68. The van der Waals surface area contributed by atoms with Crippen molar-refractivity contribution in [1.82, 2.24) is 0 Å². The minimum atomic E-state index is -2.24. The Bertz CT molecular complexity index is 1500. The quantitative estimate of drug-likeness (QED) is 0.0508. The van der Waals surface area contributed by atoms with Gasteiger partial charge in [-0.1, -0.05) is 0 Å². The van der Waals surface area contributed by atoms with E-state index < -0.39 is 224 Å². The van der Waals surface area contributed by atoms with E-state index in [1.54, 1.807) is 0 Å². The van der Waals surface area contributed by atoms with Crippen molar-refractivity contribution < 1.29 is 154 Å². The molecule has 5 aliphatic heterocycles. The molecule has 0 aromatic heterocycles. The molecule has 0 amide bonds. The van der Waals surface area contributed by atoms with Crippen molar-refractivity contribution in [2.45, 2.75) is 191 Å². The first-order valence-corrected chi connectivity index (χ1v) is 21.9. The van der Waals surface area contributed by atoms with Gasteiger partial charge in [-0.05, 0) is 6.92 Å². The summed E-state index contributed by atoms with van der Waals surface area (Å²) in [6.45, 7) is -4.21. The van der Waals surface area contributed by atoms with E-state index in [1.165, 1.54) is 6.92 Å². The minimum absolute atomic E-state index is 0.736. The average Bonchev–Trinajstić information content (AvgIpc) is 3.34. The third kappa shape index (κ3) is 12.8. The monoisotopic (exact) mass is 1020 g/mol. The molecule has 5 fully saturated rings. The zero-order chi connectivity index (χ0) is 51.3. The molecule has 0 radical (unpaired) electrons. The average molecular weight is 1020 g/mol. The van der Waals surface area contributed by atoms with Crippen LogP contribution in [0.4, 0.5) is 0 Å². The molecule has 31 heteroatoms. The van der Waals surface area contributed by atoms with E-state index in [0.29, 0.717) is 0 Å². The van der Waals surface area contributed by atoms with Crippen molar-refractivity contribution in [3.63, 3.8) is 0 Å². The van der Waals surface area contributed by atoms with Gasteiger partial charge in [0, 0.05) is 7.11 Å². The van der Waals surface area contributed by atoms with Gasteiger partial charge in [0.1, 0.15) is 146 Å². The zero-order valence-electron chi connectivity index (χ0n) is 37.0.